The molecule has 0 fully saturated rings. The van der Waals surface area contributed by atoms with Crippen molar-refractivity contribution in [1.29, 1.82) is 0 Å². The molecule has 2 rings (SSSR count). The SMILES string of the molecule is Cc1ccccc1C(NN)c1ccc(F)cc1Br. The van der Waals surface area contributed by atoms with Crippen molar-refractivity contribution in [2.45, 2.75) is 13.0 Å². The number of aryl methyl sites for hydroxylation is 1. The van der Waals surface area contributed by atoms with Crippen LogP contribution >= 0.6 is 15.9 Å². The Bertz CT molecular complexity index is 557. The Balaban J connectivity index is 2.49. The summed E-state index contributed by atoms with van der Waals surface area (Å²) >= 11 is 3.37. The molecule has 4 heteroatoms. The molecule has 0 heterocycles. The summed E-state index contributed by atoms with van der Waals surface area (Å²) in [7, 11) is 0. The van der Waals surface area contributed by atoms with E-state index in [1.54, 1.807) is 6.07 Å². The summed E-state index contributed by atoms with van der Waals surface area (Å²) in [6.45, 7) is 2.02. The average molecular weight is 309 g/mol. The van der Waals surface area contributed by atoms with Crippen molar-refractivity contribution in [3.8, 4) is 0 Å². The second-order valence-corrected chi connectivity index (χ2v) is 4.98. The number of nitrogens with two attached hydrogens (primary N) is 1. The Kier molecular flexibility index (Phi) is 4.11. The number of rotatable bonds is 3. The highest BCUT2D eigenvalue weighted by molar-refractivity contribution is 9.10. The fourth-order valence-electron chi connectivity index (χ4n) is 1.99. The van der Waals surface area contributed by atoms with E-state index in [9.17, 15) is 4.39 Å². The van der Waals surface area contributed by atoms with E-state index in [4.69, 9.17) is 5.84 Å². The van der Waals surface area contributed by atoms with Crippen LogP contribution < -0.4 is 11.3 Å². The van der Waals surface area contributed by atoms with Gasteiger partial charge in [-0.25, -0.2) is 9.82 Å². The number of halogens is 2. The van der Waals surface area contributed by atoms with Gasteiger partial charge in [-0.2, -0.15) is 0 Å². The summed E-state index contributed by atoms with van der Waals surface area (Å²) in [6.07, 6.45) is 0. The van der Waals surface area contributed by atoms with Crippen LogP contribution in [0.1, 0.15) is 22.7 Å². The maximum absolute atomic E-state index is 13.1. The van der Waals surface area contributed by atoms with Gasteiger partial charge in [0.1, 0.15) is 5.82 Å². The van der Waals surface area contributed by atoms with Gasteiger partial charge in [0.25, 0.3) is 0 Å². The molecule has 0 aliphatic carbocycles. The summed E-state index contributed by atoms with van der Waals surface area (Å²) in [6, 6.07) is 12.4. The third-order valence-corrected chi connectivity index (χ3v) is 3.63. The van der Waals surface area contributed by atoms with Crippen LogP contribution in [0.3, 0.4) is 0 Å². The van der Waals surface area contributed by atoms with Crippen molar-refractivity contribution < 1.29 is 4.39 Å². The first-order valence-corrected chi connectivity index (χ1v) is 6.39. The average Bonchev–Trinajstić information content (AvgIpc) is 2.34. The number of hydrogen-bond acceptors (Lipinski definition) is 2. The molecule has 1 atom stereocenters. The van der Waals surface area contributed by atoms with Gasteiger partial charge in [0.05, 0.1) is 6.04 Å². The maximum Gasteiger partial charge on any atom is 0.124 e. The Morgan fingerprint density at radius 2 is 1.89 bits per heavy atom. The molecule has 0 aliphatic rings. The predicted molar refractivity (Wildman–Crippen MR) is 74.4 cm³/mol. The molecular formula is C14H14BrFN2. The van der Waals surface area contributed by atoms with Crippen molar-refractivity contribution in [3.05, 3.63) is 69.4 Å². The first-order chi connectivity index (χ1) is 8.63. The third-order valence-electron chi connectivity index (χ3n) is 2.94. The largest absolute Gasteiger partial charge is 0.271 e. The van der Waals surface area contributed by atoms with Gasteiger partial charge in [0, 0.05) is 4.47 Å². The number of hydrazine groups is 1. The Morgan fingerprint density at radius 3 is 2.50 bits per heavy atom. The second kappa shape index (κ2) is 5.61. The van der Waals surface area contributed by atoms with Crippen molar-refractivity contribution in [2.24, 2.45) is 5.84 Å². The van der Waals surface area contributed by atoms with E-state index < -0.39 is 0 Å². The van der Waals surface area contributed by atoms with E-state index in [1.807, 2.05) is 31.2 Å². The molecule has 18 heavy (non-hydrogen) atoms. The number of benzene rings is 2. The number of hydrogen-bond donors (Lipinski definition) is 2. The van der Waals surface area contributed by atoms with Crippen molar-refractivity contribution in [3.63, 3.8) is 0 Å². The Labute approximate surface area is 114 Å². The van der Waals surface area contributed by atoms with Gasteiger partial charge >= 0.3 is 0 Å². The molecule has 0 spiro atoms. The normalized spacial score (nSPS) is 12.4. The zero-order valence-corrected chi connectivity index (χ0v) is 11.5. The third kappa shape index (κ3) is 2.61. The smallest absolute Gasteiger partial charge is 0.124 e. The predicted octanol–water partition coefficient (Wildman–Crippen LogP) is 3.45. The zero-order valence-electron chi connectivity index (χ0n) is 9.95. The van der Waals surface area contributed by atoms with Crippen LogP contribution in [0.5, 0.6) is 0 Å². The lowest BCUT2D eigenvalue weighted by atomic mass is 9.95. The van der Waals surface area contributed by atoms with Gasteiger partial charge < -0.3 is 0 Å². The molecule has 2 aromatic carbocycles. The summed E-state index contributed by atoms with van der Waals surface area (Å²) in [5.41, 5.74) is 5.91. The molecule has 0 saturated heterocycles. The van der Waals surface area contributed by atoms with E-state index in [0.717, 1.165) is 16.7 Å². The highest BCUT2D eigenvalue weighted by Crippen LogP contribution is 2.30. The molecule has 0 radical (unpaired) electrons. The van der Waals surface area contributed by atoms with Crippen LogP contribution in [0, 0.1) is 12.7 Å². The minimum atomic E-state index is -0.272. The Hall–Kier alpha value is -1.23. The van der Waals surface area contributed by atoms with E-state index in [0.29, 0.717) is 4.47 Å². The highest BCUT2D eigenvalue weighted by atomic mass is 79.9. The molecule has 2 nitrogen and oxygen atoms in total. The summed E-state index contributed by atoms with van der Waals surface area (Å²) in [5.74, 6) is 5.38. The van der Waals surface area contributed by atoms with E-state index in [2.05, 4.69) is 21.4 Å². The van der Waals surface area contributed by atoms with Crippen LogP contribution in [0.4, 0.5) is 4.39 Å². The quantitative estimate of drug-likeness (QED) is 0.673. The van der Waals surface area contributed by atoms with Crippen molar-refractivity contribution in [1.82, 2.24) is 5.43 Å². The molecule has 1 unspecified atom stereocenters. The first-order valence-electron chi connectivity index (χ1n) is 5.60. The van der Waals surface area contributed by atoms with Gasteiger partial charge in [-0.15, -0.1) is 0 Å². The minimum absolute atomic E-state index is 0.166. The minimum Gasteiger partial charge on any atom is -0.271 e. The first kappa shape index (κ1) is 13.2. The zero-order chi connectivity index (χ0) is 13.1. The van der Waals surface area contributed by atoms with Gasteiger partial charge in [-0.1, -0.05) is 46.3 Å². The van der Waals surface area contributed by atoms with Crippen molar-refractivity contribution >= 4 is 15.9 Å². The fourth-order valence-corrected chi connectivity index (χ4v) is 2.57. The van der Waals surface area contributed by atoms with E-state index in [-0.39, 0.29) is 11.9 Å². The molecule has 0 saturated carbocycles. The molecule has 3 N–H and O–H groups in total. The van der Waals surface area contributed by atoms with Gasteiger partial charge in [0.2, 0.25) is 0 Å². The second-order valence-electron chi connectivity index (χ2n) is 4.12. The standard InChI is InChI=1S/C14H14BrFN2/c1-9-4-2-3-5-11(9)14(18-17)12-7-6-10(16)8-13(12)15/h2-8,14,18H,17H2,1H3. The lowest BCUT2D eigenvalue weighted by Crippen LogP contribution is -2.29. The molecule has 0 amide bonds. The summed E-state index contributed by atoms with van der Waals surface area (Å²) in [5, 5.41) is 0. The lowest BCUT2D eigenvalue weighted by Gasteiger charge is -2.20. The Morgan fingerprint density at radius 1 is 1.17 bits per heavy atom. The number of nitrogens with one attached hydrogen (secondary N) is 1. The molecule has 2 aromatic rings. The van der Waals surface area contributed by atoms with Crippen LogP contribution in [0.2, 0.25) is 0 Å². The molecular weight excluding hydrogens is 295 g/mol. The van der Waals surface area contributed by atoms with Crippen LogP contribution in [0.15, 0.2) is 46.9 Å². The summed E-state index contributed by atoms with van der Waals surface area (Å²) < 4.78 is 13.8. The maximum atomic E-state index is 13.1. The van der Waals surface area contributed by atoms with Crippen LogP contribution in [-0.4, -0.2) is 0 Å². The van der Waals surface area contributed by atoms with E-state index in [1.165, 1.54) is 12.1 Å². The molecule has 0 bridgehead atoms. The molecule has 94 valence electrons. The topological polar surface area (TPSA) is 38.0 Å². The van der Waals surface area contributed by atoms with Gasteiger partial charge in [-0.05, 0) is 35.7 Å². The highest BCUT2D eigenvalue weighted by Gasteiger charge is 2.17. The van der Waals surface area contributed by atoms with Gasteiger partial charge in [0.15, 0.2) is 0 Å². The van der Waals surface area contributed by atoms with E-state index >= 15 is 0 Å². The van der Waals surface area contributed by atoms with Crippen LogP contribution in [-0.2, 0) is 0 Å². The van der Waals surface area contributed by atoms with Gasteiger partial charge in [-0.3, -0.25) is 5.84 Å². The lowest BCUT2D eigenvalue weighted by molar-refractivity contribution is 0.611. The summed E-state index contributed by atoms with van der Waals surface area (Å²) in [4.78, 5) is 0. The fraction of sp³-hybridized carbons (Fsp3) is 0.143. The monoisotopic (exact) mass is 308 g/mol. The molecule has 0 aliphatic heterocycles. The molecule has 0 aromatic heterocycles. The van der Waals surface area contributed by atoms with Crippen molar-refractivity contribution in [2.75, 3.05) is 0 Å². The van der Waals surface area contributed by atoms with Crippen LogP contribution in [0.25, 0.3) is 0 Å².